The Morgan fingerprint density at radius 3 is 2.47 bits per heavy atom. The summed E-state index contributed by atoms with van der Waals surface area (Å²) in [6, 6.07) is 6.20. The molecular formula is C20H17ClF4N2O4S. The maximum atomic E-state index is 14.2. The van der Waals surface area contributed by atoms with Crippen LogP contribution < -0.4 is 5.32 Å². The summed E-state index contributed by atoms with van der Waals surface area (Å²) in [6.07, 6.45) is -2.56. The molecule has 1 fully saturated rings. The highest BCUT2D eigenvalue weighted by Crippen LogP contribution is 2.35. The van der Waals surface area contributed by atoms with E-state index in [1.807, 2.05) is 0 Å². The van der Waals surface area contributed by atoms with Crippen LogP contribution in [-0.4, -0.2) is 44.9 Å². The van der Waals surface area contributed by atoms with Gasteiger partial charge in [0.2, 0.25) is 15.9 Å². The van der Waals surface area contributed by atoms with Gasteiger partial charge in [-0.05, 0) is 42.0 Å². The summed E-state index contributed by atoms with van der Waals surface area (Å²) in [5, 5.41) is 1.89. The number of amides is 1. The lowest BCUT2D eigenvalue weighted by Crippen LogP contribution is -2.40. The van der Waals surface area contributed by atoms with Crippen molar-refractivity contribution in [2.75, 3.05) is 31.6 Å². The number of benzene rings is 2. The summed E-state index contributed by atoms with van der Waals surface area (Å²) < 4.78 is 84.6. The van der Waals surface area contributed by atoms with E-state index in [-0.39, 0.29) is 37.6 Å². The average molecular weight is 493 g/mol. The van der Waals surface area contributed by atoms with E-state index in [0.717, 1.165) is 40.7 Å². The van der Waals surface area contributed by atoms with Gasteiger partial charge in [0.15, 0.2) is 0 Å². The predicted molar refractivity (Wildman–Crippen MR) is 110 cm³/mol. The van der Waals surface area contributed by atoms with Gasteiger partial charge in [-0.2, -0.15) is 17.5 Å². The third-order valence-corrected chi connectivity index (χ3v) is 6.75. The minimum atomic E-state index is -4.65. The van der Waals surface area contributed by atoms with Crippen LogP contribution in [0.1, 0.15) is 11.1 Å². The van der Waals surface area contributed by atoms with Crippen LogP contribution in [0.5, 0.6) is 0 Å². The summed E-state index contributed by atoms with van der Waals surface area (Å²) in [5.41, 5.74) is -0.968. The van der Waals surface area contributed by atoms with Crippen molar-refractivity contribution in [2.24, 2.45) is 0 Å². The van der Waals surface area contributed by atoms with Gasteiger partial charge in [0.25, 0.3) is 0 Å². The fraction of sp³-hybridized carbons (Fsp3) is 0.250. The molecule has 0 aromatic heterocycles. The van der Waals surface area contributed by atoms with Crippen molar-refractivity contribution in [1.82, 2.24) is 4.31 Å². The zero-order valence-corrected chi connectivity index (χ0v) is 17.9. The molecule has 0 spiro atoms. The molecular weight excluding hydrogens is 476 g/mol. The Morgan fingerprint density at radius 2 is 1.81 bits per heavy atom. The van der Waals surface area contributed by atoms with Crippen LogP contribution in [0.2, 0.25) is 5.02 Å². The van der Waals surface area contributed by atoms with Crippen molar-refractivity contribution in [1.29, 1.82) is 0 Å². The summed E-state index contributed by atoms with van der Waals surface area (Å²) in [7, 11) is -4.14. The van der Waals surface area contributed by atoms with E-state index in [1.165, 1.54) is 12.1 Å². The SMILES string of the molecule is O=C(/C=C/c1ccc(Cl)c(C(F)(F)F)c1)Nc1ccc(F)c(S(=O)(=O)N2CCOCC2)c1. The number of ether oxygens (including phenoxy) is 1. The lowest BCUT2D eigenvalue weighted by molar-refractivity contribution is -0.137. The quantitative estimate of drug-likeness (QED) is 0.502. The second-order valence-corrected chi connectivity index (χ2v) is 9.03. The molecule has 2 aromatic rings. The number of carbonyl (C=O) groups excluding carboxylic acids is 1. The number of rotatable bonds is 5. The molecule has 1 heterocycles. The molecule has 1 amide bonds. The Labute approximate surface area is 186 Å². The third kappa shape index (κ3) is 5.66. The maximum Gasteiger partial charge on any atom is 0.417 e. The summed E-state index contributed by atoms with van der Waals surface area (Å²) in [6.45, 7) is 0.510. The second kappa shape index (κ2) is 9.57. The van der Waals surface area contributed by atoms with E-state index in [2.05, 4.69) is 5.32 Å². The standard InChI is InChI=1S/C20H17ClF4N2O4S/c21-16-4-1-13(11-15(16)20(23,24)25)2-6-19(28)26-14-3-5-17(22)18(12-14)32(29,30)27-7-9-31-10-8-27/h1-6,11-12H,7-10H2,(H,26,28)/b6-2+. The molecule has 3 rings (SSSR count). The topological polar surface area (TPSA) is 75.7 Å². The van der Waals surface area contributed by atoms with E-state index in [9.17, 15) is 30.8 Å². The minimum Gasteiger partial charge on any atom is -0.379 e. The van der Waals surface area contributed by atoms with Gasteiger partial charge in [-0.1, -0.05) is 17.7 Å². The number of nitrogens with one attached hydrogen (secondary N) is 1. The molecule has 0 saturated carbocycles. The molecule has 0 aliphatic carbocycles. The highest BCUT2D eigenvalue weighted by molar-refractivity contribution is 7.89. The third-order valence-electron chi connectivity index (χ3n) is 4.51. The average Bonchev–Trinajstić information content (AvgIpc) is 2.74. The first kappa shape index (κ1) is 24.2. The van der Waals surface area contributed by atoms with Crippen LogP contribution in [0, 0.1) is 5.82 Å². The van der Waals surface area contributed by atoms with Crippen LogP contribution in [0.4, 0.5) is 23.2 Å². The van der Waals surface area contributed by atoms with Crippen molar-refractivity contribution >= 4 is 39.3 Å². The maximum absolute atomic E-state index is 14.2. The molecule has 0 unspecified atom stereocenters. The smallest absolute Gasteiger partial charge is 0.379 e. The fourth-order valence-electron chi connectivity index (χ4n) is 2.92. The summed E-state index contributed by atoms with van der Waals surface area (Å²) in [4.78, 5) is 11.6. The number of halogens is 5. The van der Waals surface area contributed by atoms with Crippen LogP contribution in [0.25, 0.3) is 6.08 Å². The monoisotopic (exact) mass is 492 g/mol. The molecule has 1 aliphatic rings. The normalized spacial score (nSPS) is 15.8. The van der Waals surface area contributed by atoms with Gasteiger partial charge in [0.05, 0.1) is 23.8 Å². The molecule has 12 heteroatoms. The molecule has 1 aliphatic heterocycles. The number of nitrogens with zero attached hydrogens (tertiary/aromatic N) is 1. The lowest BCUT2D eigenvalue weighted by atomic mass is 10.1. The first-order valence-corrected chi connectivity index (χ1v) is 11.0. The molecule has 0 atom stereocenters. The van der Waals surface area contributed by atoms with E-state index in [1.54, 1.807) is 0 Å². The number of carbonyl (C=O) groups is 1. The highest BCUT2D eigenvalue weighted by atomic mass is 35.5. The Kier molecular flexibility index (Phi) is 7.23. The summed E-state index contributed by atoms with van der Waals surface area (Å²) >= 11 is 5.56. The van der Waals surface area contributed by atoms with Crippen LogP contribution in [0.15, 0.2) is 47.4 Å². The van der Waals surface area contributed by atoms with Gasteiger partial charge >= 0.3 is 6.18 Å². The Bertz CT molecular complexity index is 1150. The van der Waals surface area contributed by atoms with Gasteiger partial charge in [0.1, 0.15) is 10.7 Å². The van der Waals surface area contributed by atoms with Gasteiger partial charge < -0.3 is 10.1 Å². The zero-order valence-electron chi connectivity index (χ0n) is 16.3. The van der Waals surface area contributed by atoms with Gasteiger partial charge in [-0.15, -0.1) is 0 Å². The first-order chi connectivity index (χ1) is 15.0. The van der Waals surface area contributed by atoms with Crippen molar-refractivity contribution in [3.8, 4) is 0 Å². The summed E-state index contributed by atoms with van der Waals surface area (Å²) in [5.74, 6) is -1.74. The zero-order chi connectivity index (χ0) is 23.5. The molecule has 32 heavy (non-hydrogen) atoms. The van der Waals surface area contributed by atoms with E-state index in [4.69, 9.17) is 16.3 Å². The van der Waals surface area contributed by atoms with Gasteiger partial charge in [-0.3, -0.25) is 4.79 Å². The fourth-order valence-corrected chi connectivity index (χ4v) is 4.65. The molecule has 0 radical (unpaired) electrons. The predicted octanol–water partition coefficient (Wildman–Crippen LogP) is 4.17. The molecule has 172 valence electrons. The molecule has 1 saturated heterocycles. The Balaban J connectivity index is 1.77. The van der Waals surface area contributed by atoms with Crippen molar-refractivity contribution in [3.05, 3.63) is 64.4 Å². The number of anilines is 1. The second-order valence-electron chi connectivity index (χ2n) is 6.72. The Hall–Kier alpha value is -2.47. The van der Waals surface area contributed by atoms with Crippen LogP contribution in [-0.2, 0) is 25.7 Å². The van der Waals surface area contributed by atoms with Crippen molar-refractivity contribution in [2.45, 2.75) is 11.1 Å². The van der Waals surface area contributed by atoms with E-state index in [0.29, 0.717) is 0 Å². The Morgan fingerprint density at radius 1 is 1.12 bits per heavy atom. The molecule has 0 bridgehead atoms. The number of alkyl halides is 3. The number of hydrogen-bond donors (Lipinski definition) is 1. The first-order valence-electron chi connectivity index (χ1n) is 9.22. The lowest BCUT2D eigenvalue weighted by Gasteiger charge is -2.26. The number of morpholine rings is 1. The van der Waals surface area contributed by atoms with Gasteiger partial charge in [0, 0.05) is 24.9 Å². The minimum absolute atomic E-state index is 0.0000267. The van der Waals surface area contributed by atoms with Gasteiger partial charge in [-0.25, -0.2) is 12.8 Å². The highest BCUT2D eigenvalue weighted by Gasteiger charge is 2.33. The van der Waals surface area contributed by atoms with Crippen LogP contribution >= 0.6 is 11.6 Å². The molecule has 2 aromatic carbocycles. The van der Waals surface area contributed by atoms with Crippen molar-refractivity contribution < 1.29 is 35.5 Å². The molecule has 6 nitrogen and oxygen atoms in total. The molecule has 1 N–H and O–H groups in total. The largest absolute Gasteiger partial charge is 0.417 e. The van der Waals surface area contributed by atoms with E-state index < -0.39 is 43.4 Å². The van der Waals surface area contributed by atoms with Crippen molar-refractivity contribution in [3.63, 3.8) is 0 Å². The van der Waals surface area contributed by atoms with Crippen LogP contribution in [0.3, 0.4) is 0 Å². The number of sulfonamides is 1. The number of hydrogen-bond acceptors (Lipinski definition) is 4. The van der Waals surface area contributed by atoms with E-state index >= 15 is 0 Å².